The molecular weight excluding hydrogens is 545 g/mol. The summed E-state index contributed by atoms with van der Waals surface area (Å²) in [5, 5.41) is 8.65. The summed E-state index contributed by atoms with van der Waals surface area (Å²) in [7, 11) is 3.74. The molecule has 0 atom stereocenters. The summed E-state index contributed by atoms with van der Waals surface area (Å²) >= 11 is 6.34. The van der Waals surface area contributed by atoms with Crippen LogP contribution in [0.25, 0.3) is 0 Å². The predicted molar refractivity (Wildman–Crippen MR) is 161 cm³/mol. The van der Waals surface area contributed by atoms with Crippen LogP contribution in [0.15, 0.2) is 42.6 Å². The van der Waals surface area contributed by atoms with Crippen molar-refractivity contribution in [3.8, 4) is 12.3 Å². The molecule has 0 saturated carbocycles. The van der Waals surface area contributed by atoms with E-state index in [0.717, 1.165) is 24.1 Å². The van der Waals surface area contributed by atoms with E-state index < -0.39 is 11.7 Å². The lowest BCUT2D eigenvalue weighted by atomic mass is 9.80. The number of amides is 2. The number of nitrogens with one attached hydrogen (secondary N) is 3. The average molecular weight is 578 g/mol. The highest BCUT2D eigenvalue weighted by atomic mass is 35.5. The number of hydrogen-bond acceptors (Lipinski definition) is 7. The van der Waals surface area contributed by atoms with E-state index in [-0.39, 0.29) is 45.9 Å². The van der Waals surface area contributed by atoms with Crippen LogP contribution in [0.2, 0.25) is 5.02 Å². The molecule has 3 N–H and O–H groups in total. The minimum atomic E-state index is -0.668. The molecule has 41 heavy (non-hydrogen) atoms. The molecule has 0 unspecified atom stereocenters. The van der Waals surface area contributed by atoms with E-state index in [1.54, 1.807) is 0 Å². The highest BCUT2D eigenvalue weighted by Gasteiger charge is 2.31. The molecule has 1 aliphatic heterocycles. The lowest BCUT2D eigenvalue weighted by Gasteiger charge is -2.29. The summed E-state index contributed by atoms with van der Waals surface area (Å²) in [4.78, 5) is 38.1. The molecule has 0 fully saturated rings. The van der Waals surface area contributed by atoms with Gasteiger partial charge in [0.05, 0.1) is 30.5 Å². The Balaban J connectivity index is 1.65. The zero-order chi connectivity index (χ0) is 29.7. The van der Waals surface area contributed by atoms with Crippen molar-refractivity contribution in [1.82, 2.24) is 20.2 Å². The maximum atomic E-state index is 14.8. The molecular formula is C30H33ClFN7O2. The van der Waals surface area contributed by atoms with E-state index in [2.05, 4.69) is 45.7 Å². The van der Waals surface area contributed by atoms with Crippen LogP contribution in [0.3, 0.4) is 0 Å². The van der Waals surface area contributed by atoms with Gasteiger partial charge in [0.1, 0.15) is 10.8 Å². The van der Waals surface area contributed by atoms with Gasteiger partial charge in [0, 0.05) is 17.9 Å². The Morgan fingerprint density at radius 1 is 1.22 bits per heavy atom. The first-order valence-electron chi connectivity index (χ1n) is 13.2. The normalized spacial score (nSPS) is 14.0. The number of likely N-dealkylation sites (N-methyl/N-ethyl adjacent to an activating group) is 1. The molecule has 2 aromatic carbocycles. The van der Waals surface area contributed by atoms with Crippen LogP contribution in [0.5, 0.6) is 0 Å². The number of halogens is 2. The smallest absolute Gasteiger partial charge is 0.254 e. The third-order valence-corrected chi connectivity index (χ3v) is 7.08. The van der Waals surface area contributed by atoms with Crippen LogP contribution in [0.1, 0.15) is 42.6 Å². The Bertz CT molecular complexity index is 1500. The molecule has 2 heterocycles. The fraction of sp³-hybridized carbons (Fsp3) is 0.333. The van der Waals surface area contributed by atoms with Crippen molar-refractivity contribution in [2.24, 2.45) is 0 Å². The minimum absolute atomic E-state index is 0.00670. The Morgan fingerprint density at radius 3 is 2.73 bits per heavy atom. The molecule has 214 valence electrons. The van der Waals surface area contributed by atoms with Crippen molar-refractivity contribution in [2.75, 3.05) is 49.3 Å². The first kappa shape index (κ1) is 29.8. The number of nitrogens with zero attached hydrogens (tertiary/aromatic N) is 4. The summed E-state index contributed by atoms with van der Waals surface area (Å²) in [5.74, 6) is 1.40. The van der Waals surface area contributed by atoms with Crippen LogP contribution in [0, 0.1) is 18.2 Å². The van der Waals surface area contributed by atoms with Crippen LogP contribution >= 0.6 is 11.6 Å². The second kappa shape index (κ2) is 12.5. The number of hydrogen-bond donors (Lipinski definition) is 3. The topological polar surface area (TPSA) is 102 Å². The number of carbonyl (C=O) groups is 2. The first-order valence-corrected chi connectivity index (χ1v) is 13.5. The van der Waals surface area contributed by atoms with Crippen LogP contribution in [-0.2, 0) is 10.2 Å². The van der Waals surface area contributed by atoms with Gasteiger partial charge in [-0.25, -0.2) is 9.37 Å². The Morgan fingerprint density at radius 2 is 2.00 bits per heavy atom. The second-order valence-corrected chi connectivity index (χ2v) is 11.1. The number of terminal acetylenes is 1. The zero-order valence-corrected chi connectivity index (χ0v) is 24.3. The maximum absolute atomic E-state index is 14.8. The van der Waals surface area contributed by atoms with Crippen molar-refractivity contribution in [3.05, 3.63) is 64.6 Å². The van der Waals surface area contributed by atoms with Gasteiger partial charge in [-0.15, -0.1) is 6.42 Å². The van der Waals surface area contributed by atoms with Crippen LogP contribution < -0.4 is 20.9 Å². The van der Waals surface area contributed by atoms with E-state index in [4.69, 9.17) is 18.0 Å². The van der Waals surface area contributed by atoms with Gasteiger partial charge in [0.25, 0.3) is 5.91 Å². The predicted octanol–water partition coefficient (Wildman–Crippen LogP) is 5.09. The van der Waals surface area contributed by atoms with Crippen LogP contribution in [0.4, 0.5) is 33.2 Å². The highest BCUT2D eigenvalue weighted by Crippen LogP contribution is 2.40. The lowest BCUT2D eigenvalue weighted by Crippen LogP contribution is -2.38. The lowest BCUT2D eigenvalue weighted by molar-refractivity contribution is -0.119. The number of benzene rings is 2. The standard InChI is InChI=1S/C30H33ClFN7O2/c1-6-14-33-28(41)20-9-7-10-23(32)26(20)36-27-22(31)17-34-29(37-27)35-19-11-12-21-24(16-19)39(25(40)18-38(4)5)15-8-13-30(21,2)3/h1,7,9-12,16-17H,8,13-15,18H2,2-5H3,(H,33,41)(H2,34,35,36,37). The molecule has 11 heteroatoms. The molecule has 1 aromatic heterocycles. The van der Waals surface area contributed by atoms with Crippen molar-refractivity contribution in [1.29, 1.82) is 0 Å². The van der Waals surface area contributed by atoms with Gasteiger partial charge in [-0.1, -0.05) is 43.5 Å². The number of rotatable bonds is 8. The number of carbonyl (C=O) groups excluding carboxylic acids is 2. The van der Waals surface area contributed by atoms with Crippen molar-refractivity contribution in [2.45, 2.75) is 32.1 Å². The molecule has 4 rings (SSSR count). The van der Waals surface area contributed by atoms with Crippen molar-refractivity contribution < 1.29 is 14.0 Å². The molecule has 9 nitrogen and oxygen atoms in total. The van der Waals surface area contributed by atoms with Gasteiger partial charge < -0.3 is 25.8 Å². The quantitative estimate of drug-likeness (QED) is 0.321. The van der Waals surface area contributed by atoms with E-state index >= 15 is 0 Å². The summed E-state index contributed by atoms with van der Waals surface area (Å²) in [6.07, 6.45) is 8.44. The number of anilines is 5. The van der Waals surface area contributed by atoms with Crippen LogP contribution in [-0.4, -0.2) is 60.4 Å². The molecule has 0 aliphatic carbocycles. The first-order chi connectivity index (χ1) is 19.5. The van der Waals surface area contributed by atoms with E-state index in [9.17, 15) is 14.0 Å². The largest absolute Gasteiger partial charge is 0.341 e. The van der Waals surface area contributed by atoms with E-state index in [1.165, 1.54) is 24.4 Å². The zero-order valence-electron chi connectivity index (χ0n) is 23.5. The fourth-order valence-corrected chi connectivity index (χ4v) is 4.92. The Labute approximate surface area is 244 Å². The summed E-state index contributed by atoms with van der Waals surface area (Å²) < 4.78 is 14.8. The molecule has 3 aromatic rings. The van der Waals surface area contributed by atoms with E-state index in [0.29, 0.717) is 18.8 Å². The average Bonchev–Trinajstić information content (AvgIpc) is 3.05. The van der Waals surface area contributed by atoms with Gasteiger partial charge in [0.15, 0.2) is 5.82 Å². The van der Waals surface area contributed by atoms with Gasteiger partial charge in [-0.3, -0.25) is 9.59 Å². The number of para-hydroxylation sites is 1. The van der Waals surface area contributed by atoms with Gasteiger partial charge in [-0.2, -0.15) is 4.98 Å². The maximum Gasteiger partial charge on any atom is 0.254 e. The minimum Gasteiger partial charge on any atom is -0.341 e. The Kier molecular flexibility index (Phi) is 9.11. The monoisotopic (exact) mass is 577 g/mol. The molecule has 1 aliphatic rings. The second-order valence-electron chi connectivity index (χ2n) is 10.7. The third-order valence-electron chi connectivity index (χ3n) is 6.81. The fourth-order valence-electron chi connectivity index (χ4n) is 4.78. The number of aromatic nitrogens is 2. The molecule has 0 bridgehead atoms. The van der Waals surface area contributed by atoms with Crippen molar-refractivity contribution >= 4 is 52.2 Å². The van der Waals surface area contributed by atoms with Gasteiger partial charge >= 0.3 is 0 Å². The summed E-state index contributed by atoms with van der Waals surface area (Å²) in [6, 6.07) is 9.96. The van der Waals surface area contributed by atoms with Gasteiger partial charge in [-0.05, 0) is 62.2 Å². The molecule has 0 radical (unpaired) electrons. The molecule has 0 spiro atoms. The highest BCUT2D eigenvalue weighted by molar-refractivity contribution is 6.33. The third kappa shape index (κ3) is 6.93. The van der Waals surface area contributed by atoms with Crippen molar-refractivity contribution in [3.63, 3.8) is 0 Å². The Hall–Kier alpha value is -4.20. The molecule has 2 amide bonds. The molecule has 0 saturated heterocycles. The van der Waals surface area contributed by atoms with E-state index in [1.807, 2.05) is 42.1 Å². The summed E-state index contributed by atoms with van der Waals surface area (Å²) in [6.45, 7) is 5.28. The SMILES string of the molecule is C#CCNC(=O)c1cccc(F)c1Nc1nc(Nc2ccc3c(c2)N(C(=O)CN(C)C)CCCC3(C)C)ncc1Cl. The summed E-state index contributed by atoms with van der Waals surface area (Å²) in [5.41, 5.74) is 2.42. The van der Waals surface area contributed by atoms with Gasteiger partial charge in [0.2, 0.25) is 11.9 Å². The number of fused-ring (bicyclic) bond motifs is 1.